The topological polar surface area (TPSA) is 94.3 Å². The van der Waals surface area contributed by atoms with Crippen LogP contribution in [0.2, 0.25) is 5.02 Å². The molecule has 0 saturated heterocycles. The van der Waals surface area contributed by atoms with Gasteiger partial charge in [0.15, 0.2) is 0 Å². The molecule has 0 aromatic carbocycles. The van der Waals surface area contributed by atoms with E-state index in [1.54, 1.807) is 13.8 Å². The van der Waals surface area contributed by atoms with Gasteiger partial charge in [-0.1, -0.05) is 11.6 Å². The van der Waals surface area contributed by atoms with Crippen LogP contribution >= 0.6 is 11.6 Å². The summed E-state index contributed by atoms with van der Waals surface area (Å²) in [6.45, 7) is 3.66. The maximum absolute atomic E-state index is 12.1. The van der Waals surface area contributed by atoms with Crippen LogP contribution in [0.3, 0.4) is 0 Å². The summed E-state index contributed by atoms with van der Waals surface area (Å²) in [5, 5.41) is 0.0995. The third-order valence-corrected chi connectivity index (χ3v) is 4.04. The molecular weight excluding hydrogens is 278 g/mol. The second-order valence-corrected chi connectivity index (χ2v) is 6.55. The summed E-state index contributed by atoms with van der Waals surface area (Å²) < 4.78 is 31.6. The largest absolute Gasteiger partial charge is 0.383 e. The Hall–Kier alpha value is -0.890. The van der Waals surface area contributed by atoms with Crippen molar-refractivity contribution in [1.29, 1.82) is 0 Å². The van der Waals surface area contributed by atoms with Gasteiger partial charge in [-0.3, -0.25) is 0 Å². The molecule has 102 valence electrons. The lowest BCUT2D eigenvalue weighted by Gasteiger charge is -2.24. The Labute approximate surface area is 112 Å². The predicted molar refractivity (Wildman–Crippen MR) is 69.9 cm³/mol. The van der Waals surface area contributed by atoms with Crippen LogP contribution in [0.15, 0.2) is 17.2 Å². The lowest BCUT2D eigenvalue weighted by atomic mass is 10.1. The second kappa shape index (κ2) is 5.40. The summed E-state index contributed by atoms with van der Waals surface area (Å²) in [5.41, 5.74) is 4.69. The van der Waals surface area contributed by atoms with Crippen molar-refractivity contribution in [1.82, 2.24) is 9.71 Å². The summed E-state index contributed by atoms with van der Waals surface area (Å²) in [6, 6.07) is 1.26. The van der Waals surface area contributed by atoms with Gasteiger partial charge in [-0.25, -0.2) is 18.1 Å². The van der Waals surface area contributed by atoms with Gasteiger partial charge in [0.2, 0.25) is 10.0 Å². The first-order valence-electron chi connectivity index (χ1n) is 5.12. The van der Waals surface area contributed by atoms with Gasteiger partial charge in [0.25, 0.3) is 0 Å². The van der Waals surface area contributed by atoms with E-state index < -0.39 is 15.6 Å². The normalized spacial score (nSPS) is 12.7. The number of ether oxygens (including phenoxy) is 1. The summed E-state index contributed by atoms with van der Waals surface area (Å²) in [5.74, 6) is 0.0896. The average Bonchev–Trinajstić information content (AvgIpc) is 2.20. The van der Waals surface area contributed by atoms with Gasteiger partial charge in [0.1, 0.15) is 10.7 Å². The fraction of sp³-hybridized carbons (Fsp3) is 0.500. The molecule has 1 heterocycles. The van der Waals surface area contributed by atoms with E-state index in [1.807, 2.05) is 0 Å². The van der Waals surface area contributed by atoms with Crippen molar-refractivity contribution < 1.29 is 13.2 Å². The van der Waals surface area contributed by atoms with Crippen molar-refractivity contribution in [2.24, 2.45) is 0 Å². The fourth-order valence-corrected chi connectivity index (χ4v) is 2.99. The summed E-state index contributed by atoms with van der Waals surface area (Å²) in [6.07, 6.45) is 1.16. The number of nitrogens with one attached hydrogen (secondary N) is 1. The standard InChI is InChI=1S/C10H16ClN3O3S/c1-10(2,6-17-3)14-18(15,16)7-4-8(11)9(12)13-5-7/h4-5,14H,6H2,1-3H3,(H2,12,13). The second-order valence-electron chi connectivity index (χ2n) is 4.46. The summed E-state index contributed by atoms with van der Waals surface area (Å²) >= 11 is 5.75. The smallest absolute Gasteiger partial charge is 0.242 e. The molecule has 0 fully saturated rings. The molecule has 6 nitrogen and oxygen atoms in total. The summed E-state index contributed by atoms with van der Waals surface area (Å²) in [4.78, 5) is 3.68. The molecule has 0 aliphatic carbocycles. The molecule has 8 heteroatoms. The van der Waals surface area contributed by atoms with Crippen LogP contribution in [0, 0.1) is 0 Å². The van der Waals surface area contributed by atoms with Crippen LogP contribution in [0.5, 0.6) is 0 Å². The fourth-order valence-electron chi connectivity index (χ4n) is 1.39. The molecule has 1 aromatic rings. The maximum atomic E-state index is 12.1. The monoisotopic (exact) mass is 293 g/mol. The van der Waals surface area contributed by atoms with E-state index >= 15 is 0 Å². The van der Waals surface area contributed by atoms with Gasteiger partial charge in [-0.2, -0.15) is 0 Å². The summed E-state index contributed by atoms with van der Waals surface area (Å²) in [7, 11) is -2.21. The number of aromatic nitrogens is 1. The van der Waals surface area contributed by atoms with Gasteiger partial charge < -0.3 is 10.5 Å². The first kappa shape index (κ1) is 15.2. The number of nitrogen functional groups attached to an aromatic ring is 1. The van der Waals surface area contributed by atoms with Crippen molar-refractivity contribution in [2.45, 2.75) is 24.3 Å². The molecule has 18 heavy (non-hydrogen) atoms. The lowest BCUT2D eigenvalue weighted by Crippen LogP contribution is -2.46. The minimum absolute atomic E-state index is 0.0362. The highest BCUT2D eigenvalue weighted by Crippen LogP contribution is 2.20. The third kappa shape index (κ3) is 3.81. The van der Waals surface area contributed by atoms with E-state index in [9.17, 15) is 8.42 Å². The van der Waals surface area contributed by atoms with Crippen molar-refractivity contribution in [2.75, 3.05) is 19.5 Å². The minimum Gasteiger partial charge on any atom is -0.383 e. The van der Waals surface area contributed by atoms with Crippen LogP contribution in [0.4, 0.5) is 5.82 Å². The van der Waals surface area contributed by atoms with E-state index in [-0.39, 0.29) is 22.3 Å². The quantitative estimate of drug-likeness (QED) is 0.845. The molecule has 3 N–H and O–H groups in total. The predicted octanol–water partition coefficient (Wildman–Crippen LogP) is 1.02. The highest BCUT2D eigenvalue weighted by atomic mass is 35.5. The number of halogens is 1. The molecular formula is C10H16ClN3O3S. The highest BCUT2D eigenvalue weighted by Gasteiger charge is 2.26. The van der Waals surface area contributed by atoms with Crippen molar-refractivity contribution in [3.8, 4) is 0 Å². The molecule has 0 radical (unpaired) electrons. The number of anilines is 1. The van der Waals surface area contributed by atoms with Crippen molar-refractivity contribution in [3.63, 3.8) is 0 Å². The molecule has 0 amide bonds. The van der Waals surface area contributed by atoms with Crippen LogP contribution in [0.25, 0.3) is 0 Å². The molecule has 0 unspecified atom stereocenters. The molecule has 0 bridgehead atoms. The first-order chi connectivity index (χ1) is 8.18. The van der Waals surface area contributed by atoms with E-state index in [2.05, 4.69) is 9.71 Å². The number of nitrogens with two attached hydrogens (primary N) is 1. The van der Waals surface area contributed by atoms with E-state index in [4.69, 9.17) is 22.1 Å². The SMILES string of the molecule is COCC(C)(C)NS(=O)(=O)c1cnc(N)c(Cl)c1. The van der Waals surface area contributed by atoms with Gasteiger partial charge in [0.05, 0.1) is 17.2 Å². The zero-order chi connectivity index (χ0) is 14.0. The van der Waals surface area contributed by atoms with Crippen LogP contribution < -0.4 is 10.5 Å². The molecule has 0 atom stereocenters. The Morgan fingerprint density at radius 2 is 2.17 bits per heavy atom. The number of nitrogens with zero attached hydrogens (tertiary/aromatic N) is 1. The third-order valence-electron chi connectivity index (χ3n) is 2.07. The molecule has 1 aromatic heterocycles. The Bertz CT molecular complexity index is 531. The molecule has 0 aliphatic rings. The Balaban J connectivity index is 3.03. The van der Waals surface area contributed by atoms with Crippen LogP contribution in [0.1, 0.15) is 13.8 Å². The van der Waals surface area contributed by atoms with Crippen LogP contribution in [-0.2, 0) is 14.8 Å². The number of methoxy groups -OCH3 is 1. The van der Waals surface area contributed by atoms with Gasteiger partial charge in [-0.15, -0.1) is 0 Å². The zero-order valence-electron chi connectivity index (χ0n) is 10.4. The number of rotatable bonds is 5. The van der Waals surface area contributed by atoms with Gasteiger partial charge in [0, 0.05) is 13.3 Å². The molecule has 0 spiro atoms. The maximum Gasteiger partial charge on any atom is 0.242 e. The Kier molecular flexibility index (Phi) is 4.55. The number of pyridine rings is 1. The highest BCUT2D eigenvalue weighted by molar-refractivity contribution is 7.89. The van der Waals surface area contributed by atoms with E-state index in [0.717, 1.165) is 6.20 Å². The van der Waals surface area contributed by atoms with Gasteiger partial charge >= 0.3 is 0 Å². The molecule has 1 rings (SSSR count). The zero-order valence-corrected chi connectivity index (χ0v) is 12.0. The first-order valence-corrected chi connectivity index (χ1v) is 6.98. The average molecular weight is 294 g/mol. The number of sulfonamides is 1. The Morgan fingerprint density at radius 1 is 1.56 bits per heavy atom. The van der Waals surface area contributed by atoms with Crippen LogP contribution in [-0.4, -0.2) is 32.7 Å². The number of hydrogen-bond donors (Lipinski definition) is 2. The Morgan fingerprint density at radius 3 is 2.67 bits per heavy atom. The molecule has 0 saturated carbocycles. The van der Waals surface area contributed by atoms with Gasteiger partial charge in [-0.05, 0) is 19.9 Å². The van der Waals surface area contributed by atoms with Crippen molar-refractivity contribution >= 4 is 27.4 Å². The molecule has 0 aliphatic heterocycles. The number of hydrogen-bond acceptors (Lipinski definition) is 5. The van der Waals surface area contributed by atoms with Crippen molar-refractivity contribution in [3.05, 3.63) is 17.3 Å². The van der Waals surface area contributed by atoms with E-state index in [0.29, 0.717) is 0 Å². The van der Waals surface area contributed by atoms with E-state index in [1.165, 1.54) is 13.2 Å². The lowest BCUT2D eigenvalue weighted by molar-refractivity contribution is 0.141. The minimum atomic E-state index is -3.71.